The minimum absolute atomic E-state index is 0.257. The molecule has 5 rings (SSSR count). The first-order chi connectivity index (χ1) is 15.9. The van der Waals surface area contributed by atoms with Gasteiger partial charge in [-0.2, -0.15) is 0 Å². The molecule has 3 heterocycles. The predicted octanol–water partition coefficient (Wildman–Crippen LogP) is 3.84. The Labute approximate surface area is 194 Å². The molecule has 168 valence electrons. The first kappa shape index (κ1) is 21.2. The van der Waals surface area contributed by atoms with Gasteiger partial charge >= 0.3 is 11.9 Å². The summed E-state index contributed by atoms with van der Waals surface area (Å²) in [5.41, 5.74) is 2.75. The van der Waals surface area contributed by atoms with Gasteiger partial charge in [0, 0.05) is 42.3 Å². The molecular weight excluding hydrogens is 440 g/mol. The summed E-state index contributed by atoms with van der Waals surface area (Å²) in [6.45, 7) is 3.49. The fourth-order valence-corrected chi connectivity index (χ4v) is 5.27. The monoisotopic (exact) mass is 462 g/mol. The molecule has 2 aromatic carbocycles. The zero-order valence-electron chi connectivity index (χ0n) is 17.9. The lowest BCUT2D eigenvalue weighted by Crippen LogP contribution is -2.47. The van der Waals surface area contributed by atoms with Crippen LogP contribution in [0, 0.1) is 0 Å². The van der Waals surface area contributed by atoms with Crippen molar-refractivity contribution in [2.75, 3.05) is 38.5 Å². The molecule has 1 aromatic heterocycles. The van der Waals surface area contributed by atoms with Crippen molar-refractivity contribution in [2.45, 2.75) is 0 Å². The van der Waals surface area contributed by atoms with Crippen LogP contribution in [0.15, 0.2) is 53.5 Å². The van der Waals surface area contributed by atoms with Crippen molar-refractivity contribution in [3.05, 3.63) is 59.7 Å². The predicted molar refractivity (Wildman–Crippen MR) is 130 cm³/mol. The molecule has 0 radical (unpaired) electrons. The van der Waals surface area contributed by atoms with E-state index in [1.54, 1.807) is 23.5 Å². The lowest BCUT2D eigenvalue weighted by molar-refractivity contribution is -0.133. The third kappa shape index (κ3) is 3.96. The highest BCUT2D eigenvalue weighted by atomic mass is 32.1. The number of piperazine rings is 1. The third-order valence-electron chi connectivity index (χ3n) is 5.90. The summed E-state index contributed by atoms with van der Waals surface area (Å²) in [5.74, 6) is -1.73. The molecule has 0 saturated carbocycles. The summed E-state index contributed by atoms with van der Waals surface area (Å²) >= 11 is 1.58. The maximum atomic E-state index is 11.8. The Bertz CT molecular complexity index is 1340. The number of aliphatic carboxylic acids is 2. The van der Waals surface area contributed by atoms with E-state index >= 15 is 0 Å². The second-order valence-electron chi connectivity index (χ2n) is 8.09. The Morgan fingerprint density at radius 3 is 2.58 bits per heavy atom. The summed E-state index contributed by atoms with van der Waals surface area (Å²) in [4.78, 5) is 32.6. The molecule has 0 atom stereocenters. The minimum Gasteiger partial charge on any atom is -0.478 e. The number of fused-ring (bicyclic) bond motifs is 4. The largest absolute Gasteiger partial charge is 0.478 e. The summed E-state index contributed by atoms with van der Waals surface area (Å²) in [7, 11) is 2.10. The van der Waals surface area contributed by atoms with Crippen molar-refractivity contribution < 1.29 is 19.8 Å². The van der Waals surface area contributed by atoms with Crippen LogP contribution in [-0.2, 0) is 9.59 Å². The van der Waals surface area contributed by atoms with Gasteiger partial charge in [0.25, 0.3) is 0 Å². The number of aliphatic imine (C=N–C) groups is 1. The van der Waals surface area contributed by atoms with Gasteiger partial charge in [-0.05, 0) is 36.9 Å². The number of benzene rings is 2. The molecule has 2 aliphatic heterocycles. The van der Waals surface area contributed by atoms with E-state index < -0.39 is 11.9 Å². The highest BCUT2D eigenvalue weighted by Gasteiger charge is 2.28. The Morgan fingerprint density at radius 1 is 1.09 bits per heavy atom. The molecule has 0 aliphatic carbocycles. The van der Waals surface area contributed by atoms with E-state index in [2.05, 4.69) is 22.2 Å². The van der Waals surface area contributed by atoms with E-state index in [-0.39, 0.29) is 5.57 Å². The van der Waals surface area contributed by atoms with Gasteiger partial charge in [0.1, 0.15) is 10.8 Å². The van der Waals surface area contributed by atoms with Crippen LogP contribution in [0.2, 0.25) is 0 Å². The lowest BCUT2D eigenvalue weighted by Gasteiger charge is -2.34. The molecule has 3 N–H and O–H groups in total. The second-order valence-corrected chi connectivity index (χ2v) is 9.14. The number of anilines is 2. The van der Waals surface area contributed by atoms with Crippen LogP contribution in [0.1, 0.15) is 11.1 Å². The van der Waals surface area contributed by atoms with E-state index in [4.69, 9.17) is 10.1 Å². The highest BCUT2D eigenvalue weighted by Crippen LogP contribution is 2.44. The van der Waals surface area contributed by atoms with Gasteiger partial charge in [-0.15, -0.1) is 11.3 Å². The molecule has 0 spiro atoms. The number of nitrogens with one attached hydrogen (secondary N) is 1. The zero-order chi connectivity index (χ0) is 23.1. The van der Waals surface area contributed by atoms with Gasteiger partial charge in [-0.3, -0.25) is 0 Å². The van der Waals surface area contributed by atoms with Gasteiger partial charge in [0.05, 0.1) is 22.5 Å². The van der Waals surface area contributed by atoms with Gasteiger partial charge in [-0.25, -0.2) is 14.6 Å². The number of carbonyl (C=O) groups is 2. The van der Waals surface area contributed by atoms with Crippen molar-refractivity contribution >= 4 is 61.1 Å². The number of thiophene rings is 1. The van der Waals surface area contributed by atoms with Crippen LogP contribution in [-0.4, -0.2) is 71.0 Å². The van der Waals surface area contributed by atoms with Crippen LogP contribution in [0.4, 0.5) is 16.4 Å². The number of carboxylic acid groups (broad SMARTS) is 2. The Morgan fingerprint density at radius 2 is 1.85 bits per heavy atom. The number of hydrogen-bond acceptors (Lipinski definition) is 7. The average molecular weight is 463 g/mol. The summed E-state index contributed by atoms with van der Waals surface area (Å²) in [6.07, 6.45) is 0.734. The molecule has 1 fully saturated rings. The molecule has 3 aromatic rings. The minimum atomic E-state index is -1.30. The summed E-state index contributed by atoms with van der Waals surface area (Å²) in [6, 6.07) is 13.1. The fraction of sp³-hybridized carbons (Fsp3) is 0.208. The van der Waals surface area contributed by atoms with Gasteiger partial charge < -0.3 is 25.3 Å². The first-order valence-electron chi connectivity index (χ1n) is 10.5. The van der Waals surface area contributed by atoms with Gasteiger partial charge in [0.2, 0.25) is 0 Å². The molecular formula is C24H22N4O4S. The number of amidine groups is 1. The Kier molecular flexibility index (Phi) is 5.35. The molecule has 9 heteroatoms. The molecule has 33 heavy (non-hydrogen) atoms. The van der Waals surface area contributed by atoms with E-state index in [1.807, 2.05) is 30.3 Å². The standard InChI is InChI=1S/C24H22N4O4S/c1-27-8-10-28(11-9-27)22-21-16-12-14(15(24(31)32)13-20(29)30)6-7-19(16)33-23(21)26-18-5-3-2-4-17(18)25-22/h2-7,12-13,26H,8-11H2,1H3,(H,29,30)(H,31,32). The number of nitrogens with zero attached hydrogens (tertiary/aromatic N) is 3. The topological polar surface area (TPSA) is 105 Å². The van der Waals surface area contributed by atoms with Crippen molar-refractivity contribution in [1.82, 2.24) is 9.80 Å². The SMILES string of the molecule is CN1CCN(C2=Nc3ccccc3Nc3sc4ccc(C(=CC(=O)O)C(=O)O)cc4c32)CC1. The highest BCUT2D eigenvalue weighted by molar-refractivity contribution is 7.23. The Balaban J connectivity index is 1.72. The summed E-state index contributed by atoms with van der Waals surface area (Å²) < 4.78 is 0.970. The fourth-order valence-electron chi connectivity index (χ4n) is 4.18. The zero-order valence-corrected chi connectivity index (χ0v) is 18.7. The third-order valence-corrected chi connectivity index (χ3v) is 6.99. The normalized spacial score (nSPS) is 16.5. The molecule has 1 saturated heterocycles. The van der Waals surface area contributed by atoms with Gasteiger partial charge in [-0.1, -0.05) is 18.2 Å². The second kappa shape index (κ2) is 8.34. The molecule has 2 aliphatic rings. The first-order valence-corrected chi connectivity index (χ1v) is 11.4. The summed E-state index contributed by atoms with van der Waals surface area (Å²) in [5, 5.41) is 24.1. The molecule has 0 unspecified atom stereocenters. The number of rotatable bonds is 3. The van der Waals surface area contributed by atoms with E-state index in [1.165, 1.54) is 0 Å². The molecule has 0 bridgehead atoms. The number of para-hydroxylation sites is 2. The Hall–Kier alpha value is -3.69. The number of carboxylic acids is 2. The maximum absolute atomic E-state index is 11.8. The van der Waals surface area contributed by atoms with Crippen molar-refractivity contribution in [3.63, 3.8) is 0 Å². The van der Waals surface area contributed by atoms with Crippen molar-refractivity contribution in [3.8, 4) is 0 Å². The maximum Gasteiger partial charge on any atom is 0.336 e. The van der Waals surface area contributed by atoms with E-state index in [0.717, 1.165) is 70.1 Å². The van der Waals surface area contributed by atoms with Crippen LogP contribution < -0.4 is 5.32 Å². The van der Waals surface area contributed by atoms with Crippen LogP contribution in [0.3, 0.4) is 0 Å². The molecule has 8 nitrogen and oxygen atoms in total. The van der Waals surface area contributed by atoms with Crippen LogP contribution in [0.25, 0.3) is 15.7 Å². The van der Waals surface area contributed by atoms with Gasteiger partial charge in [0.15, 0.2) is 0 Å². The smallest absolute Gasteiger partial charge is 0.336 e. The van der Waals surface area contributed by atoms with Crippen molar-refractivity contribution in [1.29, 1.82) is 0 Å². The van der Waals surface area contributed by atoms with E-state index in [0.29, 0.717) is 5.56 Å². The average Bonchev–Trinajstić information content (AvgIpc) is 3.05. The number of hydrogen-bond donors (Lipinski definition) is 3. The van der Waals surface area contributed by atoms with Crippen molar-refractivity contribution in [2.24, 2.45) is 4.99 Å². The lowest BCUT2D eigenvalue weighted by atomic mass is 10.0. The number of likely N-dealkylation sites (N-methyl/N-ethyl adjacent to an activating group) is 1. The quantitative estimate of drug-likeness (QED) is 0.508. The molecule has 0 amide bonds. The van der Waals surface area contributed by atoms with Crippen LogP contribution >= 0.6 is 11.3 Å². The van der Waals surface area contributed by atoms with E-state index in [9.17, 15) is 14.7 Å². The van der Waals surface area contributed by atoms with Crippen LogP contribution in [0.5, 0.6) is 0 Å².